The molecule has 0 aliphatic heterocycles. The molecule has 0 atom stereocenters. The number of hydrogen-bond acceptors (Lipinski definition) is 3. The van der Waals surface area contributed by atoms with Gasteiger partial charge < -0.3 is 0 Å². The van der Waals surface area contributed by atoms with Crippen molar-refractivity contribution in [1.82, 2.24) is 0 Å². The lowest BCUT2D eigenvalue weighted by Gasteiger charge is -1.81. The van der Waals surface area contributed by atoms with Crippen LogP contribution in [0.1, 0.15) is 6.92 Å². The van der Waals surface area contributed by atoms with E-state index in [0.717, 1.165) is 5.04 Å². The van der Waals surface area contributed by atoms with E-state index in [-0.39, 0.29) is 0 Å². The van der Waals surface area contributed by atoms with Crippen LogP contribution >= 0.6 is 11.8 Å². The van der Waals surface area contributed by atoms with E-state index in [1.807, 2.05) is 6.26 Å². The first-order valence-electron chi connectivity index (χ1n) is 1.78. The van der Waals surface area contributed by atoms with Gasteiger partial charge in [0.25, 0.3) is 0 Å². The highest BCUT2D eigenvalue weighted by Crippen LogP contribution is 1.93. The first-order chi connectivity index (χ1) is 3.31. The smallest absolute Gasteiger partial charge is 0.172 e. The average molecular weight is 114 g/mol. The molecule has 0 unspecified atom stereocenters. The van der Waals surface area contributed by atoms with Crippen LogP contribution in [-0.2, 0) is 0 Å². The van der Waals surface area contributed by atoms with Crippen molar-refractivity contribution in [3.63, 3.8) is 0 Å². The van der Waals surface area contributed by atoms with Crippen molar-refractivity contribution in [2.75, 3.05) is 6.26 Å². The highest BCUT2D eigenvalue weighted by Gasteiger charge is 1.79. The predicted octanol–water partition coefficient (Wildman–Crippen LogP) is 1.25. The Morgan fingerprint density at radius 1 is 1.86 bits per heavy atom. The molecular weight excluding hydrogens is 108 g/mol. The predicted molar refractivity (Wildman–Crippen MR) is 32.2 cm³/mol. The summed E-state index contributed by atoms with van der Waals surface area (Å²) in [5, 5.41) is 8.72. The number of thioether (sulfide) groups is 1. The van der Waals surface area contributed by atoms with Crippen molar-refractivity contribution in [1.29, 1.82) is 5.26 Å². The molecule has 0 aliphatic rings. The molecule has 38 valence electrons. The summed E-state index contributed by atoms with van der Waals surface area (Å²) in [6, 6.07) is 0. The molecule has 2 nitrogen and oxygen atoms in total. The lowest BCUT2D eigenvalue weighted by Crippen LogP contribution is -1.76. The van der Waals surface area contributed by atoms with Crippen LogP contribution in [0.15, 0.2) is 4.99 Å². The zero-order chi connectivity index (χ0) is 5.70. The van der Waals surface area contributed by atoms with E-state index in [9.17, 15) is 0 Å². The molecule has 0 fully saturated rings. The second-order valence-electron chi connectivity index (χ2n) is 0.935. The van der Waals surface area contributed by atoms with E-state index in [1.165, 1.54) is 11.8 Å². The third-order valence-corrected chi connectivity index (χ3v) is 1.18. The number of aliphatic imine (C=N–C) groups is 1. The van der Waals surface area contributed by atoms with Gasteiger partial charge in [-0.15, -0.1) is 11.8 Å². The van der Waals surface area contributed by atoms with E-state index < -0.39 is 0 Å². The Hall–Kier alpha value is -0.490. The molecule has 0 heterocycles. The van der Waals surface area contributed by atoms with Crippen molar-refractivity contribution >= 4 is 16.8 Å². The Kier molecular flexibility index (Phi) is 3.43. The monoisotopic (exact) mass is 114 g/mol. The van der Waals surface area contributed by atoms with Crippen LogP contribution in [0, 0.1) is 11.5 Å². The Bertz CT molecular complexity index is 111. The second kappa shape index (κ2) is 3.69. The maximum Gasteiger partial charge on any atom is 0.206 e. The molecular formula is C4H6N2S. The van der Waals surface area contributed by atoms with Gasteiger partial charge in [0.1, 0.15) is 0 Å². The Morgan fingerprint density at radius 2 is 2.43 bits per heavy atom. The maximum atomic E-state index is 7.92. The SMILES string of the molecule is CSC(C)=NC#N. The molecule has 3 heteroatoms. The maximum absolute atomic E-state index is 7.92. The number of rotatable bonds is 0. The molecule has 0 saturated carbocycles. The molecule has 0 spiro atoms. The van der Waals surface area contributed by atoms with Gasteiger partial charge in [0.2, 0.25) is 6.19 Å². The van der Waals surface area contributed by atoms with Crippen molar-refractivity contribution in [3.05, 3.63) is 0 Å². The van der Waals surface area contributed by atoms with Crippen LogP contribution in [0.2, 0.25) is 0 Å². The van der Waals surface area contributed by atoms with Crippen molar-refractivity contribution < 1.29 is 0 Å². The number of nitriles is 1. The Balaban J connectivity index is 3.56. The fraction of sp³-hybridized carbons (Fsp3) is 0.500. The molecule has 0 saturated heterocycles. The van der Waals surface area contributed by atoms with Gasteiger partial charge in [-0.25, -0.2) is 0 Å². The Labute approximate surface area is 47.2 Å². The number of hydrogen-bond donors (Lipinski definition) is 0. The highest BCUT2D eigenvalue weighted by molar-refractivity contribution is 8.13. The molecule has 0 aromatic carbocycles. The summed E-state index contributed by atoms with van der Waals surface area (Å²) in [5.41, 5.74) is 0. The summed E-state index contributed by atoms with van der Waals surface area (Å²) in [6.45, 7) is 1.80. The van der Waals surface area contributed by atoms with Gasteiger partial charge in [0.15, 0.2) is 0 Å². The topological polar surface area (TPSA) is 36.1 Å². The van der Waals surface area contributed by atoms with Gasteiger partial charge in [-0.05, 0) is 13.2 Å². The zero-order valence-electron chi connectivity index (χ0n) is 4.30. The standard InChI is InChI=1S/C4H6N2S/c1-4(7-2)6-3-5/h1-2H3. The van der Waals surface area contributed by atoms with E-state index >= 15 is 0 Å². The second-order valence-corrected chi connectivity index (χ2v) is 1.93. The Morgan fingerprint density at radius 3 is 2.57 bits per heavy atom. The van der Waals surface area contributed by atoms with Crippen LogP contribution < -0.4 is 0 Å². The van der Waals surface area contributed by atoms with Gasteiger partial charge in [-0.3, -0.25) is 0 Å². The molecule has 0 radical (unpaired) electrons. The quantitative estimate of drug-likeness (QED) is 0.270. The molecule has 0 aromatic rings. The summed E-state index contributed by atoms with van der Waals surface area (Å²) < 4.78 is 0. The van der Waals surface area contributed by atoms with E-state index in [2.05, 4.69) is 4.99 Å². The fourth-order valence-electron chi connectivity index (χ4n) is 0.116. The third kappa shape index (κ3) is 3.34. The van der Waals surface area contributed by atoms with E-state index in [1.54, 1.807) is 13.1 Å². The summed E-state index contributed by atoms with van der Waals surface area (Å²) in [7, 11) is 0. The van der Waals surface area contributed by atoms with Crippen molar-refractivity contribution in [2.24, 2.45) is 4.99 Å². The first kappa shape index (κ1) is 6.51. The van der Waals surface area contributed by atoms with Crippen LogP contribution in [0.25, 0.3) is 0 Å². The van der Waals surface area contributed by atoms with Crippen LogP contribution in [-0.4, -0.2) is 11.3 Å². The minimum Gasteiger partial charge on any atom is -0.172 e. The minimum absolute atomic E-state index is 0.808. The van der Waals surface area contributed by atoms with Gasteiger partial charge >= 0.3 is 0 Å². The van der Waals surface area contributed by atoms with Crippen molar-refractivity contribution in [2.45, 2.75) is 6.92 Å². The molecule has 0 bridgehead atoms. The number of nitrogens with zero attached hydrogens (tertiary/aromatic N) is 2. The van der Waals surface area contributed by atoms with Crippen LogP contribution in [0.5, 0.6) is 0 Å². The van der Waals surface area contributed by atoms with Crippen LogP contribution in [0.4, 0.5) is 0 Å². The molecule has 0 aromatic heterocycles. The van der Waals surface area contributed by atoms with Gasteiger partial charge in [-0.1, -0.05) is 0 Å². The van der Waals surface area contributed by atoms with E-state index in [0.29, 0.717) is 0 Å². The van der Waals surface area contributed by atoms with Gasteiger partial charge in [-0.2, -0.15) is 10.3 Å². The largest absolute Gasteiger partial charge is 0.206 e. The lowest BCUT2D eigenvalue weighted by atomic mass is 10.9. The van der Waals surface area contributed by atoms with Gasteiger partial charge in [0, 0.05) is 0 Å². The summed E-state index contributed by atoms with van der Waals surface area (Å²) in [6.07, 6.45) is 3.57. The summed E-state index contributed by atoms with van der Waals surface area (Å²) >= 11 is 1.48. The fourth-order valence-corrected chi connectivity index (χ4v) is 0.248. The normalized spacial score (nSPS) is 10.7. The molecule has 7 heavy (non-hydrogen) atoms. The highest BCUT2D eigenvalue weighted by atomic mass is 32.2. The van der Waals surface area contributed by atoms with Gasteiger partial charge in [0.05, 0.1) is 5.04 Å². The molecule has 0 aliphatic carbocycles. The van der Waals surface area contributed by atoms with E-state index in [4.69, 9.17) is 5.26 Å². The van der Waals surface area contributed by atoms with Crippen LogP contribution in [0.3, 0.4) is 0 Å². The third-order valence-electron chi connectivity index (χ3n) is 0.503. The molecule has 0 N–H and O–H groups in total. The minimum atomic E-state index is 0.808. The van der Waals surface area contributed by atoms with Crippen molar-refractivity contribution in [3.8, 4) is 6.19 Å². The summed E-state index contributed by atoms with van der Waals surface area (Å²) in [4.78, 5) is 3.43. The molecule has 0 rings (SSSR count). The summed E-state index contributed by atoms with van der Waals surface area (Å²) in [5.74, 6) is 0. The molecule has 0 amide bonds. The lowest BCUT2D eigenvalue weighted by molar-refractivity contribution is 1.44. The first-order valence-corrected chi connectivity index (χ1v) is 3.01. The zero-order valence-corrected chi connectivity index (χ0v) is 5.12. The average Bonchev–Trinajstić information content (AvgIpc) is 1.68.